The average molecular weight is 300 g/mol. The van der Waals surface area contributed by atoms with Gasteiger partial charge < -0.3 is 0 Å². The first kappa shape index (κ1) is 14.2. The molecule has 2 aromatic rings. The molecular weight excluding hydrogens is 278 g/mol. The van der Waals surface area contributed by atoms with Crippen LogP contribution in [0.1, 0.15) is 19.3 Å². The normalized spacial score (nSPS) is 19.8. The second-order valence-corrected chi connectivity index (χ2v) is 9.47. The minimum absolute atomic E-state index is 0.163. The second kappa shape index (κ2) is 7.35. The molecule has 0 aromatic heterocycles. The SMILES string of the molecule is c1ccc(P(CC[C@H]2CCCP2)c2ccccc2)cc1. The molecule has 0 saturated carbocycles. The largest absolute Gasteiger partial charge is 0.119 e. The van der Waals surface area contributed by atoms with Crippen molar-refractivity contribution in [2.75, 3.05) is 12.3 Å². The zero-order valence-corrected chi connectivity index (χ0v) is 13.7. The third-order valence-corrected chi connectivity index (χ3v) is 8.34. The van der Waals surface area contributed by atoms with Gasteiger partial charge in [-0.3, -0.25) is 0 Å². The van der Waals surface area contributed by atoms with Crippen LogP contribution in [0.5, 0.6) is 0 Å². The Balaban J connectivity index is 1.76. The number of rotatable bonds is 5. The first-order chi connectivity index (χ1) is 9.93. The molecule has 0 spiro atoms. The van der Waals surface area contributed by atoms with Crippen molar-refractivity contribution < 1.29 is 0 Å². The van der Waals surface area contributed by atoms with Crippen molar-refractivity contribution in [3.05, 3.63) is 60.7 Å². The Labute approximate surface area is 125 Å². The molecule has 0 nitrogen and oxygen atoms in total. The minimum Gasteiger partial charge on any atom is -0.119 e. The second-order valence-electron chi connectivity index (χ2n) is 5.40. The molecule has 0 N–H and O–H groups in total. The Morgan fingerprint density at radius 3 is 2.00 bits per heavy atom. The fourth-order valence-electron chi connectivity index (χ4n) is 2.91. The summed E-state index contributed by atoms with van der Waals surface area (Å²) in [6.45, 7) is 0. The highest BCUT2D eigenvalue weighted by Gasteiger charge is 2.19. The highest BCUT2D eigenvalue weighted by molar-refractivity contribution is 7.73. The molecular formula is C18H22P2. The van der Waals surface area contributed by atoms with Gasteiger partial charge in [-0.15, -0.1) is 8.58 Å². The van der Waals surface area contributed by atoms with Crippen LogP contribution in [0, 0.1) is 0 Å². The van der Waals surface area contributed by atoms with E-state index >= 15 is 0 Å². The smallest absolute Gasteiger partial charge is 0.0195 e. The van der Waals surface area contributed by atoms with Crippen LogP contribution in [-0.2, 0) is 0 Å². The topological polar surface area (TPSA) is 0 Å². The summed E-state index contributed by atoms with van der Waals surface area (Å²) in [5, 5.41) is 3.07. The summed E-state index contributed by atoms with van der Waals surface area (Å²) in [5.74, 6) is 0. The van der Waals surface area contributed by atoms with Gasteiger partial charge >= 0.3 is 0 Å². The lowest BCUT2D eigenvalue weighted by molar-refractivity contribution is 0.762. The number of benzene rings is 2. The van der Waals surface area contributed by atoms with E-state index in [4.69, 9.17) is 0 Å². The molecule has 1 fully saturated rings. The van der Waals surface area contributed by atoms with E-state index in [1.54, 1.807) is 0 Å². The van der Waals surface area contributed by atoms with Crippen molar-refractivity contribution in [3.63, 3.8) is 0 Å². The van der Waals surface area contributed by atoms with Gasteiger partial charge in [0.25, 0.3) is 0 Å². The van der Waals surface area contributed by atoms with Crippen molar-refractivity contribution in [1.82, 2.24) is 0 Å². The van der Waals surface area contributed by atoms with E-state index in [0.717, 1.165) is 5.66 Å². The summed E-state index contributed by atoms with van der Waals surface area (Å²) in [7, 11) is 1.06. The van der Waals surface area contributed by atoms with E-state index in [1.807, 2.05) is 0 Å². The van der Waals surface area contributed by atoms with E-state index in [0.29, 0.717) is 0 Å². The van der Waals surface area contributed by atoms with E-state index in [9.17, 15) is 0 Å². The Morgan fingerprint density at radius 1 is 0.900 bits per heavy atom. The first-order valence-electron chi connectivity index (χ1n) is 7.54. The summed E-state index contributed by atoms with van der Waals surface area (Å²) in [5.41, 5.74) is 1.02. The van der Waals surface area contributed by atoms with Gasteiger partial charge in [0.05, 0.1) is 0 Å². The van der Waals surface area contributed by atoms with Crippen molar-refractivity contribution in [3.8, 4) is 0 Å². The summed E-state index contributed by atoms with van der Waals surface area (Å²) >= 11 is 0. The van der Waals surface area contributed by atoms with Gasteiger partial charge in [0.2, 0.25) is 0 Å². The van der Waals surface area contributed by atoms with E-state index in [-0.39, 0.29) is 7.92 Å². The molecule has 20 heavy (non-hydrogen) atoms. The zero-order chi connectivity index (χ0) is 13.6. The van der Waals surface area contributed by atoms with Crippen LogP contribution in [0.25, 0.3) is 0 Å². The van der Waals surface area contributed by atoms with Crippen LogP contribution in [0.4, 0.5) is 0 Å². The maximum atomic E-state index is 2.32. The summed E-state index contributed by atoms with van der Waals surface area (Å²) in [4.78, 5) is 0. The van der Waals surface area contributed by atoms with Crippen LogP contribution >= 0.6 is 16.5 Å². The molecule has 104 valence electrons. The minimum atomic E-state index is -0.163. The van der Waals surface area contributed by atoms with Gasteiger partial charge in [-0.05, 0) is 55.8 Å². The highest BCUT2D eigenvalue weighted by atomic mass is 31.1. The maximum Gasteiger partial charge on any atom is -0.0195 e. The lowest BCUT2D eigenvalue weighted by Gasteiger charge is -2.20. The molecule has 1 saturated heterocycles. The van der Waals surface area contributed by atoms with E-state index in [2.05, 4.69) is 60.7 Å². The first-order valence-corrected chi connectivity index (χ1v) is 10.4. The fraction of sp³-hybridized carbons (Fsp3) is 0.333. The van der Waals surface area contributed by atoms with Crippen LogP contribution in [0.2, 0.25) is 0 Å². The number of hydrogen-bond acceptors (Lipinski definition) is 0. The van der Waals surface area contributed by atoms with Crippen molar-refractivity contribution in [2.24, 2.45) is 0 Å². The summed E-state index contributed by atoms with van der Waals surface area (Å²) in [6, 6.07) is 22.3. The van der Waals surface area contributed by atoms with Crippen LogP contribution in [0.3, 0.4) is 0 Å². The Hall–Kier alpha value is -0.700. The Bertz CT molecular complexity index is 464. The van der Waals surface area contributed by atoms with Gasteiger partial charge in [0.1, 0.15) is 0 Å². The van der Waals surface area contributed by atoms with Crippen molar-refractivity contribution in [2.45, 2.75) is 24.9 Å². The molecule has 0 bridgehead atoms. The average Bonchev–Trinajstić information content (AvgIpc) is 3.03. The van der Waals surface area contributed by atoms with Crippen molar-refractivity contribution in [1.29, 1.82) is 0 Å². The predicted molar refractivity (Wildman–Crippen MR) is 94.8 cm³/mol. The predicted octanol–water partition coefficient (Wildman–Crippen LogP) is 4.35. The van der Waals surface area contributed by atoms with Crippen LogP contribution < -0.4 is 10.6 Å². The lowest BCUT2D eigenvalue weighted by atomic mass is 10.2. The van der Waals surface area contributed by atoms with Crippen LogP contribution in [0.15, 0.2) is 60.7 Å². The zero-order valence-electron chi connectivity index (χ0n) is 11.8. The molecule has 1 unspecified atom stereocenters. The lowest BCUT2D eigenvalue weighted by Crippen LogP contribution is -2.15. The Kier molecular flexibility index (Phi) is 5.23. The van der Waals surface area contributed by atoms with Gasteiger partial charge in [-0.1, -0.05) is 60.7 Å². The van der Waals surface area contributed by atoms with Crippen LogP contribution in [-0.4, -0.2) is 18.0 Å². The van der Waals surface area contributed by atoms with E-state index < -0.39 is 0 Å². The number of hydrogen-bond donors (Lipinski definition) is 0. The van der Waals surface area contributed by atoms with Crippen molar-refractivity contribution >= 4 is 27.1 Å². The van der Waals surface area contributed by atoms with Gasteiger partial charge in [-0.2, -0.15) is 0 Å². The van der Waals surface area contributed by atoms with E-state index in [1.165, 1.54) is 50.8 Å². The highest BCUT2D eigenvalue weighted by Crippen LogP contribution is 2.40. The quantitative estimate of drug-likeness (QED) is 0.720. The summed E-state index contributed by atoms with van der Waals surface area (Å²) in [6.07, 6.45) is 7.22. The molecule has 3 rings (SSSR count). The maximum absolute atomic E-state index is 2.32. The molecule has 2 aromatic carbocycles. The standard InChI is InChI=1S/C18H22P2/c1-3-9-17(10-4-1)20(18-11-5-2-6-12-18)15-13-16-8-7-14-19-16/h1-6,9-12,16,19H,7-8,13-15H2/t16-/m1/s1. The molecule has 1 heterocycles. The monoisotopic (exact) mass is 300 g/mol. The third-order valence-electron chi connectivity index (χ3n) is 4.00. The molecule has 0 amide bonds. The molecule has 2 atom stereocenters. The Morgan fingerprint density at radius 2 is 1.50 bits per heavy atom. The molecule has 0 radical (unpaired) electrons. The molecule has 2 heteroatoms. The van der Waals surface area contributed by atoms with Gasteiger partial charge in [-0.25, -0.2) is 0 Å². The fourth-order valence-corrected chi connectivity index (χ4v) is 7.18. The van der Waals surface area contributed by atoms with Gasteiger partial charge in [0, 0.05) is 0 Å². The summed E-state index contributed by atoms with van der Waals surface area (Å²) < 4.78 is 0. The molecule has 1 aliphatic rings. The molecule has 0 aliphatic carbocycles. The molecule has 1 aliphatic heterocycles. The third kappa shape index (κ3) is 3.69. The van der Waals surface area contributed by atoms with Gasteiger partial charge in [0.15, 0.2) is 0 Å².